The number of carbonyl (C=O) groups excluding carboxylic acids is 1. The number of aliphatic carboxylic acids is 1. The molecule has 0 aromatic carbocycles. The van der Waals surface area contributed by atoms with Crippen molar-refractivity contribution in [2.24, 2.45) is 0 Å². The highest BCUT2D eigenvalue weighted by Gasteiger charge is 2.07. The maximum atomic E-state index is 11.0. The third-order valence-electron chi connectivity index (χ3n) is 2.78. The van der Waals surface area contributed by atoms with Crippen molar-refractivity contribution in [1.29, 1.82) is 0 Å². The monoisotopic (exact) mass is 274 g/mol. The van der Waals surface area contributed by atoms with Gasteiger partial charge in [-0.1, -0.05) is 51.9 Å². The van der Waals surface area contributed by atoms with Crippen molar-refractivity contribution < 1.29 is 24.5 Å². The highest BCUT2D eigenvalue weighted by molar-refractivity contribution is 5.76. The number of hydrogen-bond donors (Lipinski definition) is 1. The van der Waals surface area contributed by atoms with Crippen LogP contribution in [0, 0.1) is 0 Å². The van der Waals surface area contributed by atoms with E-state index < -0.39 is 11.9 Å². The van der Waals surface area contributed by atoms with E-state index in [0.29, 0.717) is 6.61 Å². The van der Waals surface area contributed by atoms with E-state index >= 15 is 0 Å². The van der Waals surface area contributed by atoms with Crippen molar-refractivity contribution in [1.82, 2.24) is 0 Å². The van der Waals surface area contributed by atoms with Crippen LogP contribution in [0.3, 0.4) is 0 Å². The topological polar surface area (TPSA) is 72.8 Å². The number of carboxylic acids is 1. The maximum Gasteiger partial charge on any atom is 0.342 e. The van der Waals surface area contributed by atoms with E-state index in [1.807, 2.05) is 0 Å². The van der Waals surface area contributed by atoms with E-state index in [2.05, 4.69) is 11.8 Å². The van der Waals surface area contributed by atoms with E-state index in [1.165, 1.54) is 38.5 Å². The van der Waals surface area contributed by atoms with Crippen molar-refractivity contribution in [3.8, 4) is 0 Å². The van der Waals surface area contributed by atoms with Gasteiger partial charge in [-0.05, 0) is 6.42 Å². The summed E-state index contributed by atoms with van der Waals surface area (Å²) in [5, 5.41) is 8.36. The van der Waals surface area contributed by atoms with E-state index in [1.54, 1.807) is 0 Å². The number of carbonyl (C=O) groups is 2. The summed E-state index contributed by atoms with van der Waals surface area (Å²) >= 11 is 0. The van der Waals surface area contributed by atoms with Crippen LogP contribution in [0.2, 0.25) is 0 Å². The van der Waals surface area contributed by atoms with Gasteiger partial charge in [0.1, 0.15) is 0 Å². The van der Waals surface area contributed by atoms with Gasteiger partial charge in [0.15, 0.2) is 0 Å². The molecule has 5 heteroatoms. The molecular weight excluding hydrogens is 248 g/mol. The van der Waals surface area contributed by atoms with E-state index in [-0.39, 0.29) is 12.8 Å². The predicted octanol–water partition coefficient (Wildman–Crippen LogP) is 3.47. The summed E-state index contributed by atoms with van der Waals surface area (Å²) in [6.45, 7) is 2.59. The van der Waals surface area contributed by atoms with Crippen molar-refractivity contribution in [3.63, 3.8) is 0 Å². The third-order valence-corrected chi connectivity index (χ3v) is 2.78. The number of carboxylic acid groups (broad SMARTS) is 1. The summed E-state index contributed by atoms with van der Waals surface area (Å²) in [4.78, 5) is 30.4. The van der Waals surface area contributed by atoms with Gasteiger partial charge in [-0.2, -0.15) is 4.89 Å². The van der Waals surface area contributed by atoms with Crippen molar-refractivity contribution in [2.45, 2.75) is 71.1 Å². The Bertz CT molecular complexity index is 240. The Labute approximate surface area is 115 Å². The summed E-state index contributed by atoms with van der Waals surface area (Å²) in [6, 6.07) is 0. The van der Waals surface area contributed by atoms with Crippen LogP contribution in [0.15, 0.2) is 0 Å². The Hall–Kier alpha value is -1.10. The fraction of sp³-hybridized carbons (Fsp3) is 0.857. The molecule has 0 radical (unpaired) electrons. The SMILES string of the molecule is CCCCCCCCCCOOC(=O)CCC(=O)O. The normalized spacial score (nSPS) is 10.4. The standard InChI is InChI=1S/C14H26O5/c1-2-3-4-5-6-7-8-9-12-18-19-14(17)11-10-13(15)16/h2-12H2,1H3,(H,15,16). The van der Waals surface area contributed by atoms with Crippen LogP contribution in [-0.2, 0) is 19.4 Å². The minimum Gasteiger partial charge on any atom is -0.481 e. The van der Waals surface area contributed by atoms with Crippen LogP contribution in [0.5, 0.6) is 0 Å². The Morgan fingerprint density at radius 2 is 1.47 bits per heavy atom. The summed E-state index contributed by atoms with van der Waals surface area (Å²) in [5.74, 6) is -1.64. The van der Waals surface area contributed by atoms with Crippen LogP contribution in [0.4, 0.5) is 0 Å². The molecule has 0 spiro atoms. The molecule has 0 heterocycles. The van der Waals surface area contributed by atoms with Crippen LogP contribution in [0.1, 0.15) is 71.1 Å². The number of rotatable bonds is 13. The lowest BCUT2D eigenvalue weighted by atomic mass is 10.1. The number of unbranched alkanes of at least 4 members (excludes halogenated alkanes) is 7. The minimum absolute atomic E-state index is 0.146. The Morgan fingerprint density at radius 1 is 0.895 bits per heavy atom. The molecule has 1 N–H and O–H groups in total. The van der Waals surface area contributed by atoms with Crippen LogP contribution in [-0.4, -0.2) is 23.7 Å². The molecule has 0 rings (SSSR count). The number of hydrogen-bond acceptors (Lipinski definition) is 4. The first-order valence-corrected chi connectivity index (χ1v) is 7.21. The summed E-state index contributed by atoms with van der Waals surface area (Å²) in [7, 11) is 0. The quantitative estimate of drug-likeness (QED) is 0.316. The molecule has 0 aliphatic heterocycles. The Balaban J connectivity index is 3.13. The van der Waals surface area contributed by atoms with Crippen LogP contribution >= 0.6 is 0 Å². The molecule has 112 valence electrons. The van der Waals surface area contributed by atoms with Crippen LogP contribution < -0.4 is 0 Å². The lowest BCUT2D eigenvalue weighted by Crippen LogP contribution is -2.08. The zero-order valence-electron chi connectivity index (χ0n) is 11.9. The van der Waals surface area contributed by atoms with Gasteiger partial charge in [-0.25, -0.2) is 4.79 Å². The second-order valence-electron chi connectivity index (χ2n) is 4.65. The minimum atomic E-state index is -1.01. The van der Waals surface area contributed by atoms with Crippen molar-refractivity contribution in [2.75, 3.05) is 6.61 Å². The molecule has 19 heavy (non-hydrogen) atoms. The highest BCUT2D eigenvalue weighted by Crippen LogP contribution is 2.08. The van der Waals surface area contributed by atoms with Gasteiger partial charge in [0.05, 0.1) is 19.4 Å². The first kappa shape index (κ1) is 17.9. The summed E-state index contributed by atoms with van der Waals surface area (Å²) in [5.41, 5.74) is 0. The van der Waals surface area contributed by atoms with Gasteiger partial charge in [-0.15, -0.1) is 0 Å². The summed E-state index contributed by atoms with van der Waals surface area (Å²) < 4.78 is 0. The Kier molecular flexibility index (Phi) is 12.6. The molecule has 0 aromatic heterocycles. The van der Waals surface area contributed by atoms with Gasteiger partial charge in [0.25, 0.3) is 0 Å². The second kappa shape index (κ2) is 13.3. The first-order chi connectivity index (χ1) is 9.16. The molecule has 0 saturated carbocycles. The smallest absolute Gasteiger partial charge is 0.342 e. The lowest BCUT2D eigenvalue weighted by molar-refractivity contribution is -0.272. The average Bonchev–Trinajstić information content (AvgIpc) is 2.38. The van der Waals surface area contributed by atoms with Gasteiger partial charge >= 0.3 is 11.9 Å². The van der Waals surface area contributed by atoms with Gasteiger partial charge in [0, 0.05) is 0 Å². The molecule has 0 aromatic rings. The molecule has 0 saturated heterocycles. The van der Waals surface area contributed by atoms with Gasteiger partial charge in [-0.3, -0.25) is 9.68 Å². The summed E-state index contributed by atoms with van der Waals surface area (Å²) in [6.07, 6.45) is 9.17. The molecular formula is C14H26O5. The molecule has 0 fully saturated rings. The average molecular weight is 274 g/mol. The molecule has 0 amide bonds. The molecule has 0 aliphatic carbocycles. The first-order valence-electron chi connectivity index (χ1n) is 7.21. The molecule has 0 unspecified atom stereocenters. The maximum absolute atomic E-state index is 11.0. The van der Waals surface area contributed by atoms with Gasteiger partial charge in [0.2, 0.25) is 0 Å². The fourth-order valence-corrected chi connectivity index (χ4v) is 1.65. The molecule has 0 bridgehead atoms. The lowest BCUT2D eigenvalue weighted by Gasteiger charge is -2.03. The van der Waals surface area contributed by atoms with Gasteiger partial charge < -0.3 is 5.11 Å². The predicted molar refractivity (Wildman–Crippen MR) is 71.5 cm³/mol. The van der Waals surface area contributed by atoms with E-state index in [4.69, 9.17) is 9.99 Å². The molecule has 5 nitrogen and oxygen atoms in total. The van der Waals surface area contributed by atoms with E-state index in [9.17, 15) is 9.59 Å². The van der Waals surface area contributed by atoms with Crippen molar-refractivity contribution in [3.05, 3.63) is 0 Å². The third kappa shape index (κ3) is 14.8. The Morgan fingerprint density at radius 3 is 2.05 bits per heavy atom. The largest absolute Gasteiger partial charge is 0.481 e. The van der Waals surface area contributed by atoms with Crippen molar-refractivity contribution >= 4 is 11.9 Å². The zero-order chi connectivity index (χ0) is 14.3. The fourth-order valence-electron chi connectivity index (χ4n) is 1.65. The molecule has 0 atom stereocenters. The van der Waals surface area contributed by atoms with E-state index in [0.717, 1.165) is 12.8 Å². The second-order valence-corrected chi connectivity index (χ2v) is 4.65. The molecule has 0 aliphatic rings. The van der Waals surface area contributed by atoms with Crippen LogP contribution in [0.25, 0.3) is 0 Å². The highest BCUT2D eigenvalue weighted by atomic mass is 17.2. The zero-order valence-corrected chi connectivity index (χ0v) is 11.9.